The number of rotatable bonds is 5. The van der Waals surface area contributed by atoms with Gasteiger partial charge in [-0.1, -0.05) is 37.0 Å². The molecule has 0 aromatic heterocycles. The van der Waals surface area contributed by atoms with Crippen molar-refractivity contribution in [2.24, 2.45) is 5.41 Å². The van der Waals surface area contributed by atoms with Crippen molar-refractivity contribution in [1.29, 1.82) is 0 Å². The van der Waals surface area contributed by atoms with Gasteiger partial charge < -0.3 is 19.6 Å². The molecule has 2 saturated heterocycles. The number of likely N-dealkylation sites (tertiary alicyclic amines) is 2. The van der Waals surface area contributed by atoms with Crippen molar-refractivity contribution < 1.29 is 19.4 Å². The van der Waals surface area contributed by atoms with E-state index in [1.807, 2.05) is 88.7 Å². The largest absolute Gasteiger partial charge is 0.494 e. The molecule has 2 aliphatic rings. The first kappa shape index (κ1) is 27.5. The number of nitrogens with zero attached hydrogens (tertiary/aromatic N) is 2. The molecule has 6 heteroatoms. The normalized spacial score (nSPS) is 18.1. The summed E-state index contributed by atoms with van der Waals surface area (Å²) in [4.78, 5) is 30.3. The summed E-state index contributed by atoms with van der Waals surface area (Å²) in [5.74, 6) is 7.01. The van der Waals surface area contributed by atoms with E-state index in [0.717, 1.165) is 23.3 Å². The summed E-state index contributed by atoms with van der Waals surface area (Å²) in [7, 11) is 0. The van der Waals surface area contributed by atoms with Gasteiger partial charge >= 0.3 is 0 Å². The second-order valence-corrected chi connectivity index (χ2v) is 10.8. The van der Waals surface area contributed by atoms with Crippen LogP contribution in [0.25, 0.3) is 0 Å². The van der Waals surface area contributed by atoms with Gasteiger partial charge in [0.25, 0.3) is 11.8 Å². The molecule has 3 aromatic rings. The van der Waals surface area contributed by atoms with Gasteiger partial charge in [-0.25, -0.2) is 0 Å². The van der Waals surface area contributed by atoms with E-state index in [1.165, 1.54) is 0 Å². The maximum atomic E-state index is 13.3. The minimum absolute atomic E-state index is 0.0129. The molecule has 1 spiro atoms. The number of aliphatic hydroxyl groups excluding tert-OH is 1. The summed E-state index contributed by atoms with van der Waals surface area (Å²) in [6.45, 7) is 4.83. The third kappa shape index (κ3) is 6.21. The van der Waals surface area contributed by atoms with Crippen molar-refractivity contribution in [3.05, 3.63) is 101 Å². The van der Waals surface area contributed by atoms with Crippen molar-refractivity contribution in [2.75, 3.05) is 32.8 Å². The van der Waals surface area contributed by atoms with E-state index in [1.54, 1.807) is 0 Å². The third-order valence-electron chi connectivity index (χ3n) is 8.05. The lowest BCUT2D eigenvalue weighted by Gasteiger charge is -2.50. The van der Waals surface area contributed by atoms with Crippen LogP contribution < -0.4 is 4.74 Å². The molecule has 5 rings (SSSR count). The Morgan fingerprint density at radius 1 is 0.825 bits per heavy atom. The highest BCUT2D eigenvalue weighted by molar-refractivity contribution is 5.95. The lowest BCUT2D eigenvalue weighted by molar-refractivity contribution is -0.0676. The fourth-order valence-corrected chi connectivity index (χ4v) is 5.61. The summed E-state index contributed by atoms with van der Waals surface area (Å²) in [6, 6.07) is 24.5. The fourth-order valence-electron chi connectivity index (χ4n) is 5.61. The number of ether oxygens (including phenoxy) is 1. The van der Waals surface area contributed by atoms with Gasteiger partial charge in [0.1, 0.15) is 5.75 Å². The van der Waals surface area contributed by atoms with Gasteiger partial charge in [-0.05, 0) is 86.3 Å². The summed E-state index contributed by atoms with van der Waals surface area (Å²) >= 11 is 0. The smallest absolute Gasteiger partial charge is 0.253 e. The molecule has 2 heterocycles. The summed E-state index contributed by atoms with van der Waals surface area (Å²) in [5, 5.41) is 11.0. The Morgan fingerprint density at radius 2 is 1.40 bits per heavy atom. The standard InChI is InChI=1S/C34H36N2O4/c1-2-24-40-30-16-14-29(15-17-30)33(39)36-21-18-31(37)34(25-36)19-22-35(23-20-34)32(38)28-12-10-27(11-13-28)9-8-26-6-4-3-5-7-26/h3-7,10-17,31,37H,2,18-25H2,1H3. The van der Waals surface area contributed by atoms with Crippen molar-refractivity contribution in [1.82, 2.24) is 9.80 Å². The van der Waals surface area contributed by atoms with Crippen LogP contribution >= 0.6 is 0 Å². The average Bonchev–Trinajstić information content (AvgIpc) is 3.01. The zero-order chi connectivity index (χ0) is 28.0. The highest BCUT2D eigenvalue weighted by Gasteiger charge is 2.46. The molecule has 3 aromatic carbocycles. The van der Waals surface area contributed by atoms with E-state index in [0.29, 0.717) is 63.2 Å². The number of amides is 2. The molecule has 6 nitrogen and oxygen atoms in total. The van der Waals surface area contributed by atoms with Crippen LogP contribution in [0.3, 0.4) is 0 Å². The van der Waals surface area contributed by atoms with E-state index < -0.39 is 11.5 Å². The molecule has 0 saturated carbocycles. The van der Waals surface area contributed by atoms with Crippen LogP contribution in [0.15, 0.2) is 78.9 Å². The Morgan fingerprint density at radius 3 is 2.02 bits per heavy atom. The Balaban J connectivity index is 1.19. The molecule has 1 unspecified atom stereocenters. The van der Waals surface area contributed by atoms with Crippen LogP contribution in [-0.4, -0.2) is 65.6 Å². The zero-order valence-corrected chi connectivity index (χ0v) is 23.0. The zero-order valence-electron chi connectivity index (χ0n) is 23.0. The molecule has 40 heavy (non-hydrogen) atoms. The highest BCUT2D eigenvalue weighted by atomic mass is 16.5. The molecular weight excluding hydrogens is 500 g/mol. The molecule has 1 atom stereocenters. The molecule has 2 aliphatic heterocycles. The Bertz CT molecular complexity index is 1370. The molecule has 2 amide bonds. The number of benzene rings is 3. The SMILES string of the molecule is CCCOc1ccc(C(=O)N2CCC(O)C3(CCN(C(=O)c4ccc(C#Cc5ccccc5)cc4)CC3)C2)cc1. The van der Waals surface area contributed by atoms with E-state index in [-0.39, 0.29) is 11.8 Å². The second kappa shape index (κ2) is 12.4. The topological polar surface area (TPSA) is 70.1 Å². The number of carbonyl (C=O) groups is 2. The van der Waals surface area contributed by atoms with Gasteiger partial charge in [0, 0.05) is 53.8 Å². The molecular formula is C34H36N2O4. The third-order valence-corrected chi connectivity index (χ3v) is 8.05. The first-order chi connectivity index (χ1) is 19.5. The Labute approximate surface area is 236 Å². The Kier molecular flexibility index (Phi) is 8.52. The van der Waals surface area contributed by atoms with E-state index >= 15 is 0 Å². The predicted molar refractivity (Wildman–Crippen MR) is 155 cm³/mol. The predicted octanol–water partition coefficient (Wildman–Crippen LogP) is 5.00. The molecule has 0 aliphatic carbocycles. The molecule has 0 bridgehead atoms. The van der Waals surface area contributed by atoms with Crippen LogP contribution in [-0.2, 0) is 0 Å². The van der Waals surface area contributed by atoms with Crippen molar-refractivity contribution in [2.45, 2.75) is 38.7 Å². The maximum absolute atomic E-state index is 13.3. The number of hydrogen-bond acceptors (Lipinski definition) is 4. The van der Waals surface area contributed by atoms with Gasteiger partial charge in [-0.2, -0.15) is 0 Å². The van der Waals surface area contributed by atoms with Crippen molar-refractivity contribution >= 4 is 11.8 Å². The minimum Gasteiger partial charge on any atom is -0.494 e. The van der Waals surface area contributed by atoms with E-state index in [2.05, 4.69) is 18.8 Å². The van der Waals surface area contributed by atoms with Gasteiger partial charge in [0.2, 0.25) is 0 Å². The first-order valence-corrected chi connectivity index (χ1v) is 14.1. The summed E-state index contributed by atoms with van der Waals surface area (Å²) in [5.41, 5.74) is 2.67. The van der Waals surface area contributed by atoms with Gasteiger partial charge in [0.05, 0.1) is 12.7 Å². The second-order valence-electron chi connectivity index (χ2n) is 10.8. The fraction of sp³-hybridized carbons (Fsp3) is 0.353. The molecule has 1 N–H and O–H groups in total. The average molecular weight is 537 g/mol. The van der Waals surface area contributed by atoms with Crippen LogP contribution in [0.5, 0.6) is 5.75 Å². The lowest BCUT2D eigenvalue weighted by Crippen LogP contribution is -2.58. The molecule has 2 fully saturated rings. The number of carbonyl (C=O) groups excluding carboxylic acids is 2. The van der Waals surface area contributed by atoms with Gasteiger partial charge in [-0.15, -0.1) is 0 Å². The van der Waals surface area contributed by atoms with Crippen molar-refractivity contribution in [3.63, 3.8) is 0 Å². The first-order valence-electron chi connectivity index (χ1n) is 14.1. The van der Waals surface area contributed by atoms with Gasteiger partial charge in [-0.3, -0.25) is 9.59 Å². The highest BCUT2D eigenvalue weighted by Crippen LogP contribution is 2.41. The minimum atomic E-state index is -0.485. The van der Waals surface area contributed by atoms with Crippen LogP contribution in [0.4, 0.5) is 0 Å². The summed E-state index contributed by atoms with van der Waals surface area (Å²) in [6.07, 6.45) is 2.31. The lowest BCUT2D eigenvalue weighted by atomic mass is 9.70. The maximum Gasteiger partial charge on any atom is 0.253 e. The summed E-state index contributed by atoms with van der Waals surface area (Å²) < 4.78 is 5.64. The van der Waals surface area contributed by atoms with E-state index in [4.69, 9.17) is 4.74 Å². The number of aliphatic hydroxyl groups is 1. The van der Waals surface area contributed by atoms with Crippen LogP contribution in [0.1, 0.15) is 64.4 Å². The Hall–Kier alpha value is -4.08. The van der Waals surface area contributed by atoms with E-state index in [9.17, 15) is 14.7 Å². The van der Waals surface area contributed by atoms with Gasteiger partial charge in [0.15, 0.2) is 0 Å². The number of hydrogen-bond donors (Lipinski definition) is 1. The number of piperidine rings is 2. The monoisotopic (exact) mass is 536 g/mol. The molecule has 206 valence electrons. The van der Waals surface area contributed by atoms with Crippen LogP contribution in [0, 0.1) is 17.3 Å². The van der Waals surface area contributed by atoms with Crippen LogP contribution in [0.2, 0.25) is 0 Å². The van der Waals surface area contributed by atoms with Crippen molar-refractivity contribution in [3.8, 4) is 17.6 Å². The molecule has 0 radical (unpaired) electrons. The quantitative estimate of drug-likeness (QED) is 0.466.